The van der Waals surface area contributed by atoms with Gasteiger partial charge in [0, 0.05) is 0 Å². The summed E-state index contributed by atoms with van der Waals surface area (Å²) in [5, 5.41) is 3.50. The van der Waals surface area contributed by atoms with E-state index in [1.807, 2.05) is 0 Å². The van der Waals surface area contributed by atoms with Gasteiger partial charge in [-0.1, -0.05) is 0 Å². The molecule has 0 amide bonds. The van der Waals surface area contributed by atoms with Crippen LogP contribution in [-0.4, -0.2) is 14.1 Å². The van der Waals surface area contributed by atoms with E-state index in [0.29, 0.717) is 0 Å². The van der Waals surface area contributed by atoms with E-state index in [1.54, 1.807) is 21.0 Å². The molecule has 0 aliphatic carbocycles. The van der Waals surface area contributed by atoms with E-state index in [4.69, 9.17) is 0 Å². The maximum atomic E-state index is 3.50. The monoisotopic (exact) mass is 137 g/mol. The van der Waals surface area contributed by atoms with Crippen molar-refractivity contribution < 1.29 is 19.5 Å². The molecule has 0 aliphatic rings. The van der Waals surface area contributed by atoms with Crippen LogP contribution in [0.3, 0.4) is 0 Å². The van der Waals surface area contributed by atoms with Crippen LogP contribution in [0.1, 0.15) is 6.92 Å². The Morgan fingerprint density at radius 3 is 1.17 bits per heavy atom. The molecule has 0 spiro atoms. The Labute approximate surface area is 53.3 Å². The topological polar surface area (TPSA) is 14.1 Å². The van der Waals surface area contributed by atoms with E-state index in [-0.39, 0.29) is 19.5 Å². The van der Waals surface area contributed by atoms with Crippen molar-refractivity contribution >= 4 is 0 Å². The molecule has 0 heterocycles. The summed E-state index contributed by atoms with van der Waals surface area (Å²) < 4.78 is 0. The summed E-state index contributed by atoms with van der Waals surface area (Å²) in [4.78, 5) is 0. The summed E-state index contributed by atoms with van der Waals surface area (Å²) in [5.74, 6) is 0. The van der Waals surface area contributed by atoms with Gasteiger partial charge in [-0.25, -0.2) is 0 Å². The molecule has 0 saturated carbocycles. The minimum absolute atomic E-state index is 0. The Morgan fingerprint density at radius 2 is 1.17 bits per heavy atom. The van der Waals surface area contributed by atoms with E-state index in [0.717, 1.165) is 0 Å². The van der Waals surface area contributed by atoms with Gasteiger partial charge in [-0.3, -0.25) is 0 Å². The van der Waals surface area contributed by atoms with Crippen LogP contribution in [0.4, 0.5) is 0 Å². The van der Waals surface area contributed by atoms with E-state index >= 15 is 0 Å². The summed E-state index contributed by atoms with van der Waals surface area (Å²) in [6.07, 6.45) is 0. The SMILES string of the molecule is C[N-]C.[CH2-]C.[Zn+2]. The first-order valence-electron chi connectivity index (χ1n) is 1.60. The zero-order valence-electron chi connectivity index (χ0n) is 4.86. The molecule has 0 unspecified atom stereocenters. The van der Waals surface area contributed by atoms with E-state index < -0.39 is 0 Å². The third kappa shape index (κ3) is 173. The van der Waals surface area contributed by atoms with Crippen molar-refractivity contribution in [2.75, 3.05) is 14.1 Å². The van der Waals surface area contributed by atoms with Crippen molar-refractivity contribution in [3.8, 4) is 0 Å². The van der Waals surface area contributed by atoms with Crippen LogP contribution < -0.4 is 0 Å². The van der Waals surface area contributed by atoms with Crippen LogP contribution in [0, 0.1) is 6.92 Å². The number of hydrogen-bond acceptors (Lipinski definition) is 0. The quantitative estimate of drug-likeness (QED) is 0.356. The molecule has 34 valence electrons. The van der Waals surface area contributed by atoms with Crippen LogP contribution in [0.25, 0.3) is 5.32 Å². The molecule has 0 N–H and O–H groups in total. The summed E-state index contributed by atoms with van der Waals surface area (Å²) in [5.41, 5.74) is 0. The minimum atomic E-state index is 0. The fraction of sp³-hybridized carbons (Fsp3) is 0.750. The molecule has 2 heteroatoms. The molecule has 0 rings (SSSR count). The average Bonchev–Trinajstić information content (AvgIpc) is 1.46. The van der Waals surface area contributed by atoms with Crippen LogP contribution in [0.5, 0.6) is 0 Å². The second kappa shape index (κ2) is 46.8. The zero-order valence-corrected chi connectivity index (χ0v) is 7.83. The molecular weight excluding hydrogens is 127 g/mol. The molecule has 0 atom stereocenters. The fourth-order valence-electron chi connectivity index (χ4n) is 0. The second-order valence-electron chi connectivity index (χ2n) is 0.447. The van der Waals surface area contributed by atoms with Crippen molar-refractivity contribution in [2.24, 2.45) is 0 Å². The molecule has 0 radical (unpaired) electrons. The Kier molecular flexibility index (Phi) is 125. The minimum Gasteiger partial charge on any atom is -0.668 e. The smallest absolute Gasteiger partial charge is 0.668 e. The third-order valence-corrected chi connectivity index (χ3v) is 0. The Bertz CT molecular complexity index is 7.51. The van der Waals surface area contributed by atoms with Gasteiger partial charge in [0.2, 0.25) is 0 Å². The van der Waals surface area contributed by atoms with E-state index in [1.165, 1.54) is 0 Å². The summed E-state index contributed by atoms with van der Waals surface area (Å²) in [6, 6.07) is 0. The molecule has 0 bridgehead atoms. The van der Waals surface area contributed by atoms with Gasteiger partial charge in [0.15, 0.2) is 0 Å². The Hall–Kier alpha value is 0.583. The maximum Gasteiger partial charge on any atom is 2.00 e. The molecule has 0 fully saturated rings. The summed E-state index contributed by atoms with van der Waals surface area (Å²) >= 11 is 0. The van der Waals surface area contributed by atoms with Gasteiger partial charge < -0.3 is 12.2 Å². The van der Waals surface area contributed by atoms with Crippen molar-refractivity contribution in [1.82, 2.24) is 0 Å². The van der Waals surface area contributed by atoms with Crippen molar-refractivity contribution in [1.29, 1.82) is 0 Å². The van der Waals surface area contributed by atoms with Gasteiger partial charge in [-0.15, -0.1) is 0 Å². The van der Waals surface area contributed by atoms with Gasteiger partial charge in [-0.05, 0) is 0 Å². The van der Waals surface area contributed by atoms with Gasteiger partial charge in [0.25, 0.3) is 0 Å². The molecule has 0 aliphatic heterocycles. The predicted molar refractivity (Wildman–Crippen MR) is 26.2 cm³/mol. The van der Waals surface area contributed by atoms with Crippen molar-refractivity contribution in [3.05, 3.63) is 12.2 Å². The van der Waals surface area contributed by atoms with Gasteiger partial charge in [-0.2, -0.15) is 21.0 Å². The largest absolute Gasteiger partial charge is 2.00 e. The van der Waals surface area contributed by atoms with Crippen LogP contribution in [0.15, 0.2) is 0 Å². The first-order chi connectivity index (χ1) is 2.41. The molecular formula is C4H11NZn. The predicted octanol–water partition coefficient (Wildman–Crippen LogP) is 1.46. The number of nitrogens with zero attached hydrogens (tertiary/aromatic N) is 1. The van der Waals surface area contributed by atoms with Crippen LogP contribution in [0.2, 0.25) is 0 Å². The molecule has 0 aromatic heterocycles. The fourth-order valence-corrected chi connectivity index (χ4v) is 0. The summed E-state index contributed by atoms with van der Waals surface area (Å²) in [6.45, 7) is 5.00. The number of rotatable bonds is 0. The molecule has 0 aromatic rings. The summed E-state index contributed by atoms with van der Waals surface area (Å²) in [7, 11) is 3.50. The molecule has 6 heavy (non-hydrogen) atoms. The van der Waals surface area contributed by atoms with Crippen LogP contribution in [-0.2, 0) is 19.5 Å². The van der Waals surface area contributed by atoms with E-state index in [2.05, 4.69) is 12.2 Å². The standard InChI is InChI=1S/C2H6N.C2H5.Zn/c1-3-2;1-2;/h1-2H3;1H2,2H3;/q2*-1;+2. The number of hydrogen-bond donors (Lipinski definition) is 0. The van der Waals surface area contributed by atoms with Gasteiger partial charge in [0.1, 0.15) is 0 Å². The Morgan fingerprint density at radius 1 is 1.17 bits per heavy atom. The normalized spacial score (nSPS) is 4.00. The van der Waals surface area contributed by atoms with Crippen molar-refractivity contribution in [2.45, 2.75) is 6.92 Å². The molecule has 1 nitrogen and oxygen atoms in total. The van der Waals surface area contributed by atoms with E-state index in [9.17, 15) is 0 Å². The maximum absolute atomic E-state index is 3.50. The van der Waals surface area contributed by atoms with Crippen molar-refractivity contribution in [3.63, 3.8) is 0 Å². The second-order valence-corrected chi connectivity index (χ2v) is 0.447. The third-order valence-electron chi connectivity index (χ3n) is 0. The average molecular weight is 139 g/mol. The van der Waals surface area contributed by atoms with Gasteiger partial charge in [0.05, 0.1) is 0 Å². The van der Waals surface area contributed by atoms with Crippen LogP contribution >= 0.6 is 0 Å². The first kappa shape index (κ1) is 16.0. The van der Waals surface area contributed by atoms with Gasteiger partial charge >= 0.3 is 19.5 Å². The zero-order chi connectivity index (χ0) is 4.71. The first-order valence-corrected chi connectivity index (χ1v) is 1.60. The Balaban J connectivity index is -0.0000000275. The molecule has 0 saturated heterocycles. The molecule has 0 aromatic carbocycles.